The number of aryl methyl sites for hydroxylation is 2. The van der Waals surface area contributed by atoms with Gasteiger partial charge in [0.1, 0.15) is 5.72 Å². The van der Waals surface area contributed by atoms with Crippen molar-refractivity contribution in [3.63, 3.8) is 0 Å². The average molecular weight is 421 g/mol. The topological polar surface area (TPSA) is 90.0 Å². The van der Waals surface area contributed by atoms with Crippen LogP contribution in [0.4, 0.5) is 0 Å². The van der Waals surface area contributed by atoms with Crippen molar-refractivity contribution in [2.24, 2.45) is 0 Å². The molecular weight excluding hydrogens is 396 g/mol. The van der Waals surface area contributed by atoms with Crippen LogP contribution in [0.15, 0.2) is 48.5 Å². The summed E-state index contributed by atoms with van der Waals surface area (Å²) < 4.78 is 5.95. The third kappa shape index (κ3) is 3.81. The Morgan fingerprint density at radius 3 is 2.23 bits per heavy atom. The number of aliphatic carboxylic acids is 1. The molecule has 2 saturated heterocycles. The fourth-order valence-electron chi connectivity index (χ4n) is 4.43. The van der Waals surface area contributed by atoms with Gasteiger partial charge >= 0.3 is 0 Å². The second-order valence-corrected chi connectivity index (χ2v) is 8.24. The van der Waals surface area contributed by atoms with E-state index in [2.05, 4.69) is 0 Å². The lowest BCUT2D eigenvalue weighted by atomic mass is 9.95. The Labute approximate surface area is 181 Å². The van der Waals surface area contributed by atoms with E-state index in [-0.39, 0.29) is 18.4 Å². The van der Waals surface area contributed by atoms with Crippen LogP contribution in [0, 0.1) is 13.8 Å². The van der Waals surface area contributed by atoms with Crippen LogP contribution in [0.25, 0.3) is 0 Å². The smallest absolute Gasteiger partial charge is 0.257 e. The molecule has 1 spiro atoms. The van der Waals surface area contributed by atoms with Gasteiger partial charge in [-0.05, 0) is 37.6 Å². The zero-order chi connectivity index (χ0) is 22.2. The van der Waals surface area contributed by atoms with Crippen LogP contribution in [0.3, 0.4) is 0 Å². The van der Waals surface area contributed by atoms with Crippen LogP contribution >= 0.6 is 0 Å². The largest absolute Gasteiger partial charge is 0.548 e. The molecule has 31 heavy (non-hydrogen) atoms. The van der Waals surface area contributed by atoms with E-state index in [1.807, 2.05) is 38.1 Å². The summed E-state index contributed by atoms with van der Waals surface area (Å²) in [4.78, 5) is 41.1. The summed E-state index contributed by atoms with van der Waals surface area (Å²) >= 11 is 0. The van der Waals surface area contributed by atoms with Gasteiger partial charge in [0.25, 0.3) is 11.8 Å². The van der Waals surface area contributed by atoms with E-state index >= 15 is 0 Å². The monoisotopic (exact) mass is 421 g/mol. The van der Waals surface area contributed by atoms with E-state index in [4.69, 9.17) is 4.74 Å². The van der Waals surface area contributed by atoms with Crippen molar-refractivity contribution in [3.8, 4) is 0 Å². The summed E-state index contributed by atoms with van der Waals surface area (Å²) in [6.07, 6.45) is 0.679. The quantitative estimate of drug-likeness (QED) is 0.750. The van der Waals surface area contributed by atoms with Gasteiger partial charge in [-0.3, -0.25) is 14.5 Å². The van der Waals surface area contributed by atoms with Gasteiger partial charge in [-0.25, -0.2) is 0 Å². The fraction of sp³-hybridized carbons (Fsp3) is 0.375. The fourth-order valence-corrected chi connectivity index (χ4v) is 4.43. The molecule has 0 unspecified atom stereocenters. The molecule has 7 nitrogen and oxygen atoms in total. The number of carbonyl (C=O) groups excluding carboxylic acids is 3. The van der Waals surface area contributed by atoms with E-state index in [9.17, 15) is 19.5 Å². The maximum Gasteiger partial charge on any atom is 0.257 e. The molecule has 7 heteroatoms. The molecule has 1 atom stereocenters. The first-order valence-corrected chi connectivity index (χ1v) is 10.4. The molecule has 0 aromatic heterocycles. The third-order valence-electron chi connectivity index (χ3n) is 6.26. The van der Waals surface area contributed by atoms with Gasteiger partial charge in [0.05, 0.1) is 18.6 Å². The average Bonchev–Trinajstić information content (AvgIpc) is 3.13. The van der Waals surface area contributed by atoms with Crippen molar-refractivity contribution >= 4 is 17.8 Å². The van der Waals surface area contributed by atoms with Crippen molar-refractivity contribution < 1.29 is 24.2 Å². The van der Waals surface area contributed by atoms with Crippen LogP contribution < -0.4 is 5.11 Å². The molecule has 2 aliphatic rings. The van der Waals surface area contributed by atoms with Gasteiger partial charge in [-0.2, -0.15) is 0 Å². The van der Waals surface area contributed by atoms with Gasteiger partial charge in [-0.1, -0.05) is 35.9 Å². The van der Waals surface area contributed by atoms with E-state index in [0.717, 1.165) is 11.1 Å². The highest BCUT2D eigenvalue weighted by molar-refractivity contribution is 5.98. The maximum atomic E-state index is 13.4. The molecule has 2 aromatic rings. The van der Waals surface area contributed by atoms with Crippen molar-refractivity contribution in [2.75, 3.05) is 19.7 Å². The molecule has 2 fully saturated rings. The van der Waals surface area contributed by atoms with Gasteiger partial charge < -0.3 is 19.5 Å². The number of hydrogen-bond donors (Lipinski definition) is 0. The summed E-state index contributed by atoms with van der Waals surface area (Å²) in [5, 5.41) is 11.8. The highest BCUT2D eigenvalue weighted by atomic mass is 16.5. The lowest BCUT2D eigenvalue weighted by molar-refractivity contribution is -0.310. The number of hydrogen-bond acceptors (Lipinski definition) is 5. The summed E-state index contributed by atoms with van der Waals surface area (Å²) in [5.41, 5.74) is 1.82. The molecule has 4 rings (SSSR count). The Morgan fingerprint density at radius 2 is 1.61 bits per heavy atom. The minimum atomic E-state index is -1.34. The predicted octanol–water partition coefficient (Wildman–Crippen LogP) is 1.53. The van der Waals surface area contributed by atoms with E-state index in [1.54, 1.807) is 29.2 Å². The lowest BCUT2D eigenvalue weighted by Gasteiger charge is -2.45. The Hall–Kier alpha value is -3.19. The van der Waals surface area contributed by atoms with Crippen molar-refractivity contribution in [3.05, 3.63) is 70.8 Å². The summed E-state index contributed by atoms with van der Waals surface area (Å²) in [5.74, 6) is -1.80. The van der Waals surface area contributed by atoms with Crippen LogP contribution in [0.1, 0.15) is 44.7 Å². The molecule has 2 heterocycles. The normalized spacial score (nSPS) is 20.1. The van der Waals surface area contributed by atoms with E-state index in [1.165, 1.54) is 4.90 Å². The van der Waals surface area contributed by atoms with Gasteiger partial charge in [-0.15, -0.1) is 0 Å². The predicted molar refractivity (Wildman–Crippen MR) is 111 cm³/mol. The Kier molecular flexibility index (Phi) is 5.54. The number of carboxylic acids is 1. The lowest BCUT2D eigenvalue weighted by Crippen LogP contribution is -2.60. The molecule has 162 valence electrons. The van der Waals surface area contributed by atoms with Crippen molar-refractivity contribution in [2.45, 2.75) is 38.5 Å². The highest BCUT2D eigenvalue weighted by Gasteiger charge is 2.52. The molecule has 0 N–H and O–H groups in total. The highest BCUT2D eigenvalue weighted by Crippen LogP contribution is 2.38. The SMILES string of the molecule is Cc1ccc(C(=O)N2CCC3(CC2)OC[C@H](C(=O)[O-])N3C(=O)c2ccccc2C)cc1. The first-order chi connectivity index (χ1) is 14.8. The molecule has 0 saturated carbocycles. The number of likely N-dealkylation sites (tertiary alicyclic amines) is 1. The summed E-state index contributed by atoms with van der Waals surface area (Å²) in [7, 11) is 0. The second-order valence-electron chi connectivity index (χ2n) is 8.24. The number of carbonyl (C=O) groups is 3. The van der Waals surface area contributed by atoms with Gasteiger partial charge in [0.2, 0.25) is 0 Å². The number of nitrogens with zero attached hydrogens (tertiary/aromatic N) is 2. The summed E-state index contributed by atoms with van der Waals surface area (Å²) in [6.45, 7) is 4.39. The van der Waals surface area contributed by atoms with Crippen LogP contribution in [-0.4, -0.2) is 59.0 Å². The molecule has 0 bridgehead atoms. The second kappa shape index (κ2) is 8.15. The Bertz CT molecular complexity index is 1010. The van der Waals surface area contributed by atoms with Crippen molar-refractivity contribution in [1.82, 2.24) is 9.80 Å². The first kappa shape index (κ1) is 21.1. The first-order valence-electron chi connectivity index (χ1n) is 10.4. The number of piperidine rings is 1. The number of amides is 2. The van der Waals surface area contributed by atoms with E-state index < -0.39 is 17.7 Å². The van der Waals surface area contributed by atoms with Gasteiger partial charge in [0.15, 0.2) is 0 Å². The number of benzene rings is 2. The molecule has 2 aliphatic heterocycles. The Balaban J connectivity index is 1.57. The molecule has 0 aliphatic carbocycles. The van der Waals surface area contributed by atoms with Gasteiger partial charge in [0, 0.05) is 37.1 Å². The minimum absolute atomic E-state index is 0.0823. The zero-order valence-electron chi connectivity index (χ0n) is 17.7. The molecule has 2 aromatic carbocycles. The van der Waals surface area contributed by atoms with Crippen LogP contribution in [0.2, 0.25) is 0 Å². The number of rotatable bonds is 3. The number of carboxylic acid groups (broad SMARTS) is 1. The van der Waals surface area contributed by atoms with E-state index in [0.29, 0.717) is 37.1 Å². The number of ether oxygens (including phenoxy) is 1. The summed E-state index contributed by atoms with van der Waals surface area (Å²) in [6, 6.07) is 13.3. The van der Waals surface area contributed by atoms with Crippen molar-refractivity contribution in [1.29, 1.82) is 0 Å². The zero-order valence-corrected chi connectivity index (χ0v) is 17.7. The maximum absolute atomic E-state index is 13.4. The molecular formula is C24H25N2O5-. The minimum Gasteiger partial charge on any atom is -0.548 e. The van der Waals surface area contributed by atoms with Crippen LogP contribution in [0.5, 0.6) is 0 Å². The Morgan fingerprint density at radius 1 is 0.968 bits per heavy atom. The molecule has 2 amide bonds. The van der Waals surface area contributed by atoms with Crippen LogP contribution in [-0.2, 0) is 9.53 Å². The standard InChI is InChI=1S/C24H26N2O5/c1-16-7-9-18(10-8-16)21(27)25-13-11-24(12-14-25)26(20(15-31-24)23(29)30)22(28)19-6-4-3-5-17(19)2/h3-10,20H,11-15H2,1-2H3,(H,29,30)/p-1/t20-/m1/s1. The molecule has 0 radical (unpaired) electrons. The third-order valence-corrected chi connectivity index (χ3v) is 6.26.